The lowest BCUT2D eigenvalue weighted by Crippen LogP contribution is -2.38. The van der Waals surface area contributed by atoms with E-state index >= 15 is 0 Å². The highest BCUT2D eigenvalue weighted by molar-refractivity contribution is 7.92. The summed E-state index contributed by atoms with van der Waals surface area (Å²) in [4.78, 5) is 11.3. The zero-order chi connectivity index (χ0) is 11.2. The molecule has 5 heteroatoms. The van der Waals surface area contributed by atoms with Gasteiger partial charge >= 0.3 is 0 Å². The Morgan fingerprint density at radius 1 is 1.57 bits per heavy atom. The van der Waals surface area contributed by atoms with Crippen molar-refractivity contribution >= 4 is 15.7 Å². The molecule has 0 aromatic rings. The lowest BCUT2D eigenvalue weighted by atomic mass is 10.4. The maximum Gasteiger partial charge on any atom is 0.238 e. The van der Waals surface area contributed by atoms with Crippen molar-refractivity contribution in [2.45, 2.75) is 25.5 Å². The summed E-state index contributed by atoms with van der Waals surface area (Å²) >= 11 is 0. The van der Waals surface area contributed by atoms with Crippen molar-refractivity contribution < 1.29 is 13.2 Å². The molecule has 1 unspecified atom stereocenters. The van der Waals surface area contributed by atoms with Gasteiger partial charge in [-0.3, -0.25) is 4.79 Å². The molecule has 1 N–H and O–H groups in total. The normalized spacial score (nSPS) is 13.3. The van der Waals surface area contributed by atoms with Crippen LogP contribution in [-0.2, 0) is 14.6 Å². The van der Waals surface area contributed by atoms with E-state index in [4.69, 9.17) is 0 Å². The molecule has 0 aromatic heterocycles. The van der Waals surface area contributed by atoms with Crippen LogP contribution in [-0.4, -0.2) is 31.9 Å². The summed E-state index contributed by atoms with van der Waals surface area (Å²) in [6.07, 6.45) is 2.08. The number of rotatable bonds is 6. The minimum Gasteiger partial charge on any atom is -0.355 e. The molecule has 0 bridgehead atoms. The lowest BCUT2D eigenvalue weighted by molar-refractivity contribution is -0.120. The molecular weight excluding hydrogens is 202 g/mol. The zero-order valence-electron chi connectivity index (χ0n) is 8.62. The number of amides is 1. The molecule has 0 heterocycles. The van der Waals surface area contributed by atoms with Crippen LogP contribution in [0.25, 0.3) is 0 Å². The highest BCUT2D eigenvalue weighted by atomic mass is 32.2. The van der Waals surface area contributed by atoms with Gasteiger partial charge in [-0.2, -0.15) is 0 Å². The second kappa shape index (κ2) is 5.80. The second-order valence-corrected chi connectivity index (χ2v) is 5.42. The molecule has 14 heavy (non-hydrogen) atoms. The third kappa shape index (κ3) is 3.91. The molecular formula is C9H17NO3S. The predicted octanol–water partition coefficient (Wildman–Crippen LogP) is 0.502. The summed E-state index contributed by atoms with van der Waals surface area (Å²) in [6.45, 7) is 7.14. The summed E-state index contributed by atoms with van der Waals surface area (Å²) in [7, 11) is -3.37. The van der Waals surface area contributed by atoms with E-state index in [1.807, 2.05) is 6.92 Å². The third-order valence-corrected chi connectivity index (χ3v) is 3.80. The molecule has 0 saturated heterocycles. The van der Waals surface area contributed by atoms with E-state index in [-0.39, 0.29) is 5.75 Å². The third-order valence-electron chi connectivity index (χ3n) is 1.81. The number of hydrogen-bond acceptors (Lipinski definition) is 3. The fourth-order valence-corrected chi connectivity index (χ4v) is 1.89. The quantitative estimate of drug-likeness (QED) is 0.662. The standard InChI is InChI=1S/C9H17NO3S/c1-4-6-10-9(11)8(3)14(12,13)7-5-2/h5,8H,2,4,6-7H2,1,3H3,(H,10,11). The zero-order valence-corrected chi connectivity index (χ0v) is 9.43. The van der Waals surface area contributed by atoms with Crippen LogP contribution in [0, 0.1) is 0 Å². The van der Waals surface area contributed by atoms with Crippen LogP contribution < -0.4 is 5.32 Å². The monoisotopic (exact) mass is 219 g/mol. The molecule has 82 valence electrons. The Morgan fingerprint density at radius 3 is 2.57 bits per heavy atom. The molecule has 0 fully saturated rings. The number of carbonyl (C=O) groups excluding carboxylic acids is 1. The lowest BCUT2D eigenvalue weighted by Gasteiger charge is -2.11. The molecule has 0 aromatic carbocycles. The molecule has 0 radical (unpaired) electrons. The van der Waals surface area contributed by atoms with Gasteiger partial charge in [0.05, 0.1) is 5.75 Å². The first-order chi connectivity index (χ1) is 6.45. The van der Waals surface area contributed by atoms with E-state index in [1.54, 1.807) is 0 Å². The Bertz CT molecular complexity index is 295. The van der Waals surface area contributed by atoms with Crippen LogP contribution in [0.5, 0.6) is 0 Å². The van der Waals surface area contributed by atoms with Crippen molar-refractivity contribution in [3.05, 3.63) is 12.7 Å². The number of hydrogen-bond donors (Lipinski definition) is 1. The number of sulfone groups is 1. The van der Waals surface area contributed by atoms with E-state index in [0.717, 1.165) is 6.42 Å². The fourth-order valence-electron chi connectivity index (χ4n) is 0.864. The Morgan fingerprint density at radius 2 is 2.14 bits per heavy atom. The Kier molecular flexibility index (Phi) is 5.45. The van der Waals surface area contributed by atoms with Gasteiger partial charge in [0, 0.05) is 6.54 Å². The Balaban J connectivity index is 4.37. The molecule has 0 saturated carbocycles. The van der Waals surface area contributed by atoms with E-state index < -0.39 is 21.0 Å². The van der Waals surface area contributed by atoms with Gasteiger partial charge in [-0.05, 0) is 13.3 Å². The molecule has 0 aliphatic heterocycles. The largest absolute Gasteiger partial charge is 0.355 e. The maximum absolute atomic E-state index is 11.4. The predicted molar refractivity (Wildman–Crippen MR) is 56.7 cm³/mol. The molecule has 0 aliphatic carbocycles. The van der Waals surface area contributed by atoms with E-state index in [2.05, 4.69) is 11.9 Å². The van der Waals surface area contributed by atoms with E-state index in [0.29, 0.717) is 6.54 Å². The van der Waals surface area contributed by atoms with Gasteiger partial charge in [-0.1, -0.05) is 13.0 Å². The minimum atomic E-state index is -3.37. The highest BCUT2D eigenvalue weighted by Gasteiger charge is 2.25. The summed E-state index contributed by atoms with van der Waals surface area (Å²) < 4.78 is 22.8. The van der Waals surface area contributed by atoms with Crippen LogP contribution >= 0.6 is 0 Å². The van der Waals surface area contributed by atoms with Crippen LogP contribution in [0.4, 0.5) is 0 Å². The summed E-state index contributed by atoms with van der Waals surface area (Å²) in [6, 6.07) is 0. The molecule has 0 spiro atoms. The molecule has 1 amide bonds. The maximum atomic E-state index is 11.4. The summed E-state index contributed by atoms with van der Waals surface area (Å²) in [5.41, 5.74) is 0. The van der Waals surface area contributed by atoms with E-state index in [1.165, 1.54) is 13.0 Å². The topological polar surface area (TPSA) is 63.2 Å². The van der Waals surface area contributed by atoms with Crippen LogP contribution in [0.15, 0.2) is 12.7 Å². The molecule has 0 aliphatic rings. The SMILES string of the molecule is C=CCS(=O)(=O)C(C)C(=O)NCCC. The van der Waals surface area contributed by atoms with Gasteiger partial charge in [0.15, 0.2) is 9.84 Å². The number of nitrogens with one attached hydrogen (secondary N) is 1. The van der Waals surface area contributed by atoms with Crippen LogP contribution in [0.3, 0.4) is 0 Å². The van der Waals surface area contributed by atoms with Gasteiger partial charge < -0.3 is 5.32 Å². The van der Waals surface area contributed by atoms with Crippen LogP contribution in [0.2, 0.25) is 0 Å². The smallest absolute Gasteiger partial charge is 0.238 e. The first-order valence-corrected chi connectivity index (χ1v) is 6.27. The second-order valence-electron chi connectivity index (χ2n) is 3.05. The fraction of sp³-hybridized carbons (Fsp3) is 0.667. The average molecular weight is 219 g/mol. The van der Waals surface area contributed by atoms with Crippen molar-refractivity contribution in [3.8, 4) is 0 Å². The summed E-state index contributed by atoms with van der Waals surface area (Å²) in [5, 5.41) is 1.55. The van der Waals surface area contributed by atoms with Crippen molar-refractivity contribution in [2.75, 3.05) is 12.3 Å². The minimum absolute atomic E-state index is 0.159. The molecule has 0 rings (SSSR count). The van der Waals surface area contributed by atoms with Crippen LogP contribution in [0.1, 0.15) is 20.3 Å². The van der Waals surface area contributed by atoms with Gasteiger partial charge in [-0.15, -0.1) is 6.58 Å². The van der Waals surface area contributed by atoms with Gasteiger partial charge in [0.2, 0.25) is 5.91 Å². The van der Waals surface area contributed by atoms with Crippen molar-refractivity contribution in [3.63, 3.8) is 0 Å². The van der Waals surface area contributed by atoms with E-state index in [9.17, 15) is 13.2 Å². The molecule has 1 atom stereocenters. The first kappa shape index (κ1) is 13.2. The van der Waals surface area contributed by atoms with Crippen molar-refractivity contribution in [1.82, 2.24) is 5.32 Å². The van der Waals surface area contributed by atoms with Gasteiger partial charge in [0.1, 0.15) is 5.25 Å². The van der Waals surface area contributed by atoms with Crippen molar-refractivity contribution in [1.29, 1.82) is 0 Å². The highest BCUT2D eigenvalue weighted by Crippen LogP contribution is 2.02. The number of carbonyl (C=O) groups is 1. The van der Waals surface area contributed by atoms with Crippen molar-refractivity contribution in [2.24, 2.45) is 0 Å². The summed E-state index contributed by atoms with van der Waals surface area (Å²) in [5.74, 6) is -0.595. The average Bonchev–Trinajstić information content (AvgIpc) is 2.12. The van der Waals surface area contributed by atoms with Gasteiger partial charge in [0.25, 0.3) is 0 Å². The Labute approximate surface area is 85.3 Å². The first-order valence-electron chi connectivity index (χ1n) is 4.56. The van der Waals surface area contributed by atoms with Gasteiger partial charge in [-0.25, -0.2) is 8.42 Å². The molecule has 4 nitrogen and oxygen atoms in total. The Hall–Kier alpha value is -0.840.